The van der Waals surface area contributed by atoms with Gasteiger partial charge in [-0.2, -0.15) is 0 Å². The van der Waals surface area contributed by atoms with Gasteiger partial charge in [0, 0.05) is 36.3 Å². The van der Waals surface area contributed by atoms with Gasteiger partial charge in [0.1, 0.15) is 5.75 Å². The van der Waals surface area contributed by atoms with Crippen molar-refractivity contribution >= 4 is 16.7 Å². The average Bonchev–Trinajstić information content (AvgIpc) is 2.24. The number of carbonyl (C=O) groups is 1. The molecule has 0 rings (SSSR count). The monoisotopic (exact) mass is 250 g/mol. The quantitative estimate of drug-likeness (QED) is 0.547. The first-order chi connectivity index (χ1) is 7.61. The fraction of sp³-hybridized carbons (Fsp3) is 0.900. The number of hydrogen-bond donors (Lipinski definition) is 2. The molecule has 0 aromatic carbocycles. The number of methoxy groups -OCH3 is 1. The van der Waals surface area contributed by atoms with Crippen molar-refractivity contribution in [2.24, 2.45) is 5.73 Å². The Kier molecular flexibility index (Phi) is 9.46. The van der Waals surface area contributed by atoms with E-state index < -0.39 is 10.8 Å². The van der Waals surface area contributed by atoms with Crippen LogP contribution in [0, 0.1) is 0 Å². The minimum atomic E-state index is -1.13. The van der Waals surface area contributed by atoms with Crippen molar-refractivity contribution in [3.63, 3.8) is 0 Å². The highest BCUT2D eigenvalue weighted by molar-refractivity contribution is 7.86. The van der Waals surface area contributed by atoms with Crippen LogP contribution in [0.2, 0.25) is 0 Å². The summed E-state index contributed by atoms with van der Waals surface area (Å²) in [5, 5.41) is 2.68. The van der Waals surface area contributed by atoms with Gasteiger partial charge in [-0.05, 0) is 19.4 Å². The summed E-state index contributed by atoms with van der Waals surface area (Å²) in [5.41, 5.74) is 5.36. The molecule has 96 valence electrons. The number of amides is 1. The van der Waals surface area contributed by atoms with Gasteiger partial charge in [0.05, 0.1) is 0 Å². The molecule has 0 aromatic heterocycles. The van der Waals surface area contributed by atoms with E-state index in [1.165, 1.54) is 0 Å². The van der Waals surface area contributed by atoms with Crippen LogP contribution >= 0.6 is 0 Å². The molecule has 2 atom stereocenters. The SMILES string of the molecule is COCCCNC(=O)CS(=O)C(C)CCN. The standard InChI is InChI=1S/C10H22N2O3S/c1-9(4-5-11)16(14)8-10(13)12-6-3-7-15-2/h9H,3-8,11H2,1-2H3,(H,12,13). The summed E-state index contributed by atoms with van der Waals surface area (Å²) in [6.45, 7) is 3.53. The highest BCUT2D eigenvalue weighted by Crippen LogP contribution is 2.00. The molecule has 0 aliphatic rings. The molecule has 0 saturated carbocycles. The van der Waals surface area contributed by atoms with Gasteiger partial charge in [0.2, 0.25) is 5.91 Å². The number of nitrogens with two attached hydrogens (primary N) is 1. The maximum Gasteiger partial charge on any atom is 0.232 e. The smallest absolute Gasteiger partial charge is 0.232 e. The van der Waals surface area contributed by atoms with Crippen LogP contribution in [-0.4, -0.2) is 47.9 Å². The summed E-state index contributed by atoms with van der Waals surface area (Å²) in [5.74, 6) is -0.105. The molecule has 0 bridgehead atoms. The van der Waals surface area contributed by atoms with E-state index in [0.717, 1.165) is 6.42 Å². The summed E-state index contributed by atoms with van der Waals surface area (Å²) < 4.78 is 16.5. The number of carbonyl (C=O) groups excluding carboxylic acids is 1. The van der Waals surface area contributed by atoms with Gasteiger partial charge in [-0.15, -0.1) is 0 Å². The van der Waals surface area contributed by atoms with Crippen molar-refractivity contribution in [2.45, 2.75) is 25.0 Å². The fourth-order valence-corrected chi connectivity index (χ4v) is 2.18. The molecule has 3 N–H and O–H groups in total. The first-order valence-electron chi connectivity index (χ1n) is 5.44. The normalized spacial score (nSPS) is 14.4. The summed E-state index contributed by atoms with van der Waals surface area (Å²) in [4.78, 5) is 11.3. The first kappa shape index (κ1) is 15.5. The second-order valence-corrected chi connectivity index (χ2v) is 5.46. The minimum absolute atomic E-state index is 0.0188. The van der Waals surface area contributed by atoms with Crippen molar-refractivity contribution in [1.29, 1.82) is 0 Å². The van der Waals surface area contributed by atoms with Crippen LogP contribution in [0.1, 0.15) is 19.8 Å². The van der Waals surface area contributed by atoms with Gasteiger partial charge in [0.25, 0.3) is 0 Å². The van der Waals surface area contributed by atoms with E-state index in [0.29, 0.717) is 26.1 Å². The van der Waals surface area contributed by atoms with Crippen molar-refractivity contribution in [1.82, 2.24) is 5.32 Å². The molecule has 2 unspecified atom stereocenters. The Bertz CT molecular complexity index is 224. The van der Waals surface area contributed by atoms with E-state index in [4.69, 9.17) is 10.5 Å². The van der Waals surface area contributed by atoms with E-state index in [2.05, 4.69) is 5.32 Å². The van der Waals surface area contributed by atoms with E-state index in [1.807, 2.05) is 6.92 Å². The molecule has 0 aliphatic carbocycles. The first-order valence-corrected chi connectivity index (χ1v) is 6.83. The molecule has 0 saturated heterocycles. The lowest BCUT2D eigenvalue weighted by atomic mass is 10.3. The third kappa shape index (κ3) is 7.78. The lowest BCUT2D eigenvalue weighted by Crippen LogP contribution is -2.32. The largest absolute Gasteiger partial charge is 0.385 e. The Labute approximate surface area is 99.6 Å². The second kappa shape index (κ2) is 9.74. The lowest BCUT2D eigenvalue weighted by Gasteiger charge is -2.10. The Balaban J connectivity index is 3.65. The van der Waals surface area contributed by atoms with Crippen LogP contribution in [0.25, 0.3) is 0 Å². The van der Waals surface area contributed by atoms with Gasteiger partial charge in [-0.3, -0.25) is 9.00 Å². The molecule has 0 spiro atoms. The molecule has 0 radical (unpaired) electrons. The highest BCUT2D eigenvalue weighted by atomic mass is 32.2. The predicted octanol–water partition coefficient (Wildman–Crippen LogP) is -0.375. The second-order valence-electron chi connectivity index (χ2n) is 3.61. The van der Waals surface area contributed by atoms with Gasteiger partial charge >= 0.3 is 0 Å². The Hall–Kier alpha value is -0.460. The number of nitrogens with one attached hydrogen (secondary N) is 1. The van der Waals surface area contributed by atoms with Crippen LogP contribution < -0.4 is 11.1 Å². The average molecular weight is 250 g/mol. The fourth-order valence-electron chi connectivity index (χ4n) is 1.13. The van der Waals surface area contributed by atoms with Crippen LogP contribution in [-0.2, 0) is 20.3 Å². The molecule has 0 heterocycles. The zero-order valence-electron chi connectivity index (χ0n) is 10.0. The molecule has 5 nitrogen and oxygen atoms in total. The zero-order valence-corrected chi connectivity index (χ0v) is 10.8. The summed E-state index contributed by atoms with van der Waals surface area (Å²) in [6.07, 6.45) is 1.46. The summed E-state index contributed by atoms with van der Waals surface area (Å²) in [6, 6.07) is 0. The maximum atomic E-state index is 11.6. The van der Waals surface area contributed by atoms with Crippen molar-refractivity contribution in [3.05, 3.63) is 0 Å². The van der Waals surface area contributed by atoms with Crippen LogP contribution in [0.3, 0.4) is 0 Å². The van der Waals surface area contributed by atoms with E-state index in [1.54, 1.807) is 7.11 Å². The Morgan fingerprint density at radius 3 is 2.81 bits per heavy atom. The highest BCUT2D eigenvalue weighted by Gasteiger charge is 2.13. The molecule has 0 fully saturated rings. The molecular formula is C10H22N2O3S. The topological polar surface area (TPSA) is 81.4 Å². The Morgan fingerprint density at radius 2 is 2.25 bits per heavy atom. The summed E-state index contributed by atoms with van der Waals surface area (Å²) >= 11 is 0. The third-order valence-electron chi connectivity index (χ3n) is 2.14. The van der Waals surface area contributed by atoms with Gasteiger partial charge in [0.15, 0.2) is 0 Å². The van der Waals surface area contributed by atoms with Gasteiger partial charge in [-0.1, -0.05) is 6.92 Å². The molecule has 1 amide bonds. The number of ether oxygens (including phenoxy) is 1. The van der Waals surface area contributed by atoms with Crippen molar-refractivity contribution in [3.8, 4) is 0 Å². The number of hydrogen-bond acceptors (Lipinski definition) is 4. The van der Waals surface area contributed by atoms with Crippen molar-refractivity contribution in [2.75, 3.05) is 32.6 Å². The van der Waals surface area contributed by atoms with Crippen molar-refractivity contribution < 1.29 is 13.7 Å². The maximum absolute atomic E-state index is 11.6. The molecule has 0 aliphatic heterocycles. The van der Waals surface area contributed by atoms with E-state index in [-0.39, 0.29) is 16.9 Å². The lowest BCUT2D eigenvalue weighted by molar-refractivity contribution is -0.118. The van der Waals surface area contributed by atoms with Crippen LogP contribution in [0.5, 0.6) is 0 Å². The van der Waals surface area contributed by atoms with Gasteiger partial charge < -0.3 is 15.8 Å². The molecule has 6 heteroatoms. The van der Waals surface area contributed by atoms with E-state index >= 15 is 0 Å². The van der Waals surface area contributed by atoms with E-state index in [9.17, 15) is 9.00 Å². The van der Waals surface area contributed by atoms with Crippen LogP contribution in [0.15, 0.2) is 0 Å². The molecular weight excluding hydrogens is 228 g/mol. The Morgan fingerprint density at radius 1 is 1.56 bits per heavy atom. The van der Waals surface area contributed by atoms with Gasteiger partial charge in [-0.25, -0.2) is 0 Å². The molecule has 0 aromatic rings. The third-order valence-corrected chi connectivity index (χ3v) is 3.82. The summed E-state index contributed by atoms with van der Waals surface area (Å²) in [7, 11) is 0.491. The molecule has 16 heavy (non-hydrogen) atoms. The predicted molar refractivity (Wildman–Crippen MR) is 65.6 cm³/mol. The minimum Gasteiger partial charge on any atom is -0.385 e. The van der Waals surface area contributed by atoms with Crippen LogP contribution in [0.4, 0.5) is 0 Å². The number of rotatable bonds is 9. The zero-order chi connectivity index (χ0) is 12.4.